The Morgan fingerprint density at radius 3 is 2.20 bits per heavy atom. The van der Waals surface area contributed by atoms with Crippen molar-refractivity contribution < 1.29 is 4.39 Å². The third kappa shape index (κ3) is 4.32. The van der Waals surface area contributed by atoms with Gasteiger partial charge in [0.15, 0.2) is 0 Å². The van der Waals surface area contributed by atoms with Crippen LogP contribution >= 0.6 is 0 Å². The van der Waals surface area contributed by atoms with Crippen molar-refractivity contribution >= 4 is 23.0 Å². The second kappa shape index (κ2) is 7.30. The lowest BCUT2D eigenvalue weighted by molar-refractivity contribution is 0.628. The molecule has 3 rings (SSSR count). The Morgan fingerprint density at radius 2 is 1.52 bits per heavy atom. The van der Waals surface area contributed by atoms with Crippen LogP contribution in [0.3, 0.4) is 0 Å². The normalized spacial score (nSPS) is 10.8. The largest absolute Gasteiger partial charge is 0.340 e. The molecule has 0 bridgehead atoms. The maximum Gasteiger partial charge on any atom is 0.136 e. The highest BCUT2D eigenvalue weighted by Gasteiger charge is 2.08. The second-order valence-electron chi connectivity index (χ2n) is 6.18. The molecule has 0 fully saturated rings. The number of nitrogens with zero attached hydrogens (tertiary/aromatic N) is 2. The molecule has 25 heavy (non-hydrogen) atoms. The highest BCUT2D eigenvalue weighted by molar-refractivity contribution is 5.65. The first-order valence-electron chi connectivity index (χ1n) is 8.25. The summed E-state index contributed by atoms with van der Waals surface area (Å²) < 4.78 is 13.0. The number of halogens is 1. The molecule has 5 heteroatoms. The topological polar surface area (TPSA) is 49.8 Å². The standard InChI is InChI=1S/C20H21FN4/c1-13(2)17-6-4-5-7-18(17)25-20-12-19(22-14(3)23-20)24-16-10-8-15(21)9-11-16/h4-13H,1-3H3,(H2,22,23,24,25). The third-order valence-corrected chi connectivity index (χ3v) is 3.80. The average molecular weight is 336 g/mol. The van der Waals surface area contributed by atoms with E-state index in [0.717, 1.165) is 11.4 Å². The molecule has 1 heterocycles. The average Bonchev–Trinajstić information content (AvgIpc) is 2.57. The van der Waals surface area contributed by atoms with Gasteiger partial charge in [-0.1, -0.05) is 32.0 Å². The van der Waals surface area contributed by atoms with Gasteiger partial charge in [0.2, 0.25) is 0 Å². The molecule has 0 radical (unpaired) electrons. The minimum Gasteiger partial charge on any atom is -0.340 e. The molecule has 0 aliphatic rings. The van der Waals surface area contributed by atoms with Gasteiger partial charge in [0.05, 0.1) is 0 Å². The molecular formula is C20H21FN4. The minimum absolute atomic E-state index is 0.267. The SMILES string of the molecule is Cc1nc(Nc2ccc(F)cc2)cc(Nc2ccccc2C(C)C)n1. The van der Waals surface area contributed by atoms with Crippen LogP contribution in [0, 0.1) is 12.7 Å². The van der Waals surface area contributed by atoms with Crippen LogP contribution in [0.5, 0.6) is 0 Å². The van der Waals surface area contributed by atoms with Crippen LogP contribution in [0.2, 0.25) is 0 Å². The van der Waals surface area contributed by atoms with Gasteiger partial charge >= 0.3 is 0 Å². The van der Waals surface area contributed by atoms with Crippen LogP contribution in [0.4, 0.5) is 27.4 Å². The van der Waals surface area contributed by atoms with Gasteiger partial charge in [-0.2, -0.15) is 0 Å². The molecule has 0 aliphatic carbocycles. The number of benzene rings is 2. The Kier molecular flexibility index (Phi) is 4.93. The van der Waals surface area contributed by atoms with Crippen molar-refractivity contribution in [2.45, 2.75) is 26.7 Å². The Bertz CT molecular complexity index is 860. The van der Waals surface area contributed by atoms with Crippen LogP contribution in [0.25, 0.3) is 0 Å². The summed E-state index contributed by atoms with van der Waals surface area (Å²) in [6.45, 7) is 6.16. The lowest BCUT2D eigenvalue weighted by Crippen LogP contribution is -2.03. The summed E-state index contributed by atoms with van der Waals surface area (Å²) in [6.07, 6.45) is 0. The Hall–Kier alpha value is -2.95. The van der Waals surface area contributed by atoms with Gasteiger partial charge in [0, 0.05) is 17.4 Å². The van der Waals surface area contributed by atoms with E-state index in [1.165, 1.54) is 17.7 Å². The zero-order chi connectivity index (χ0) is 17.8. The summed E-state index contributed by atoms with van der Waals surface area (Å²) >= 11 is 0. The number of rotatable bonds is 5. The van der Waals surface area contributed by atoms with E-state index in [1.807, 2.05) is 31.2 Å². The zero-order valence-corrected chi connectivity index (χ0v) is 14.5. The number of hydrogen-bond donors (Lipinski definition) is 2. The van der Waals surface area contributed by atoms with Gasteiger partial charge < -0.3 is 10.6 Å². The predicted octanol–water partition coefficient (Wildman–Crippen LogP) is 5.53. The Morgan fingerprint density at radius 1 is 0.880 bits per heavy atom. The molecule has 0 saturated carbocycles. The molecule has 0 unspecified atom stereocenters. The first-order valence-corrected chi connectivity index (χ1v) is 8.25. The fourth-order valence-electron chi connectivity index (χ4n) is 2.63. The van der Waals surface area contributed by atoms with Gasteiger partial charge in [0.25, 0.3) is 0 Å². The molecule has 1 aromatic heterocycles. The highest BCUT2D eigenvalue weighted by atomic mass is 19.1. The number of para-hydroxylation sites is 1. The van der Waals surface area contributed by atoms with E-state index in [-0.39, 0.29) is 5.82 Å². The first kappa shape index (κ1) is 16.9. The Labute approximate surface area is 147 Å². The number of anilines is 4. The van der Waals surface area contributed by atoms with Crippen molar-refractivity contribution in [2.24, 2.45) is 0 Å². The van der Waals surface area contributed by atoms with Crippen LogP contribution in [0.1, 0.15) is 31.2 Å². The molecule has 0 saturated heterocycles. The van der Waals surface area contributed by atoms with Crippen LogP contribution in [0.15, 0.2) is 54.6 Å². The summed E-state index contributed by atoms with van der Waals surface area (Å²) in [5.41, 5.74) is 3.03. The molecule has 0 amide bonds. The molecule has 2 aromatic carbocycles. The third-order valence-electron chi connectivity index (χ3n) is 3.80. The van der Waals surface area contributed by atoms with E-state index in [2.05, 4.69) is 40.5 Å². The van der Waals surface area contributed by atoms with Crippen molar-refractivity contribution in [3.05, 3.63) is 71.8 Å². The fraction of sp³-hybridized carbons (Fsp3) is 0.200. The first-order chi connectivity index (χ1) is 12.0. The van der Waals surface area contributed by atoms with Gasteiger partial charge in [-0.15, -0.1) is 0 Å². The number of hydrogen-bond acceptors (Lipinski definition) is 4. The lowest BCUT2D eigenvalue weighted by atomic mass is 10.0. The van der Waals surface area contributed by atoms with Crippen LogP contribution < -0.4 is 10.6 Å². The molecule has 0 spiro atoms. The summed E-state index contributed by atoms with van der Waals surface area (Å²) in [5.74, 6) is 2.16. The summed E-state index contributed by atoms with van der Waals surface area (Å²) in [4.78, 5) is 8.86. The fourth-order valence-corrected chi connectivity index (χ4v) is 2.63. The number of nitrogens with one attached hydrogen (secondary N) is 2. The molecule has 128 valence electrons. The summed E-state index contributed by atoms with van der Waals surface area (Å²) in [5, 5.41) is 6.56. The molecule has 0 aliphatic heterocycles. The predicted molar refractivity (Wildman–Crippen MR) is 100 cm³/mol. The van der Waals surface area contributed by atoms with E-state index in [4.69, 9.17) is 0 Å². The van der Waals surface area contributed by atoms with Gasteiger partial charge in [0.1, 0.15) is 23.3 Å². The van der Waals surface area contributed by atoms with Crippen molar-refractivity contribution in [2.75, 3.05) is 10.6 Å². The van der Waals surface area contributed by atoms with Crippen LogP contribution in [-0.4, -0.2) is 9.97 Å². The van der Waals surface area contributed by atoms with Gasteiger partial charge in [-0.3, -0.25) is 0 Å². The maximum absolute atomic E-state index is 13.0. The van der Waals surface area contributed by atoms with E-state index in [9.17, 15) is 4.39 Å². The Balaban J connectivity index is 1.86. The van der Waals surface area contributed by atoms with Crippen LogP contribution in [-0.2, 0) is 0 Å². The van der Waals surface area contributed by atoms with Gasteiger partial charge in [-0.25, -0.2) is 14.4 Å². The quantitative estimate of drug-likeness (QED) is 0.643. The smallest absolute Gasteiger partial charge is 0.136 e. The number of aryl methyl sites for hydroxylation is 1. The van der Waals surface area contributed by atoms with Crippen molar-refractivity contribution in [3.8, 4) is 0 Å². The van der Waals surface area contributed by atoms with E-state index in [0.29, 0.717) is 23.4 Å². The molecule has 4 nitrogen and oxygen atoms in total. The van der Waals surface area contributed by atoms with Crippen molar-refractivity contribution in [1.82, 2.24) is 9.97 Å². The summed E-state index contributed by atoms with van der Waals surface area (Å²) in [6, 6.07) is 16.2. The van der Waals surface area contributed by atoms with Crippen molar-refractivity contribution in [1.29, 1.82) is 0 Å². The monoisotopic (exact) mass is 336 g/mol. The minimum atomic E-state index is -0.267. The zero-order valence-electron chi connectivity index (χ0n) is 14.5. The highest BCUT2D eigenvalue weighted by Crippen LogP contribution is 2.27. The molecule has 0 atom stereocenters. The molecule has 2 N–H and O–H groups in total. The van der Waals surface area contributed by atoms with Crippen molar-refractivity contribution in [3.63, 3.8) is 0 Å². The van der Waals surface area contributed by atoms with E-state index < -0.39 is 0 Å². The number of aromatic nitrogens is 2. The van der Waals surface area contributed by atoms with E-state index >= 15 is 0 Å². The van der Waals surface area contributed by atoms with Gasteiger partial charge in [-0.05, 0) is 48.7 Å². The second-order valence-corrected chi connectivity index (χ2v) is 6.18. The molecular weight excluding hydrogens is 315 g/mol. The maximum atomic E-state index is 13.0. The molecule has 3 aromatic rings. The lowest BCUT2D eigenvalue weighted by Gasteiger charge is -2.15. The van der Waals surface area contributed by atoms with E-state index in [1.54, 1.807) is 12.1 Å². The summed E-state index contributed by atoms with van der Waals surface area (Å²) in [7, 11) is 0.